The molecule has 1 amide bonds. The predicted octanol–water partition coefficient (Wildman–Crippen LogP) is 5.42. The van der Waals surface area contributed by atoms with E-state index >= 15 is 0 Å². The number of amides is 1. The third-order valence-electron chi connectivity index (χ3n) is 3.03. The van der Waals surface area contributed by atoms with Crippen molar-refractivity contribution in [2.24, 2.45) is 0 Å². The normalized spacial score (nSPS) is 10.3. The van der Waals surface area contributed by atoms with Gasteiger partial charge in [-0.05, 0) is 36.8 Å². The monoisotopic (exact) mass is 337 g/mol. The van der Waals surface area contributed by atoms with Gasteiger partial charge >= 0.3 is 0 Å². The maximum absolute atomic E-state index is 12.2. The van der Waals surface area contributed by atoms with Crippen LogP contribution in [0.1, 0.15) is 30.1 Å². The molecule has 0 atom stereocenters. The van der Waals surface area contributed by atoms with Crippen LogP contribution in [0.4, 0.5) is 5.69 Å². The van der Waals surface area contributed by atoms with Crippen LogP contribution in [0.25, 0.3) is 0 Å². The van der Waals surface area contributed by atoms with Gasteiger partial charge in [0, 0.05) is 16.8 Å². The van der Waals surface area contributed by atoms with E-state index in [9.17, 15) is 4.79 Å². The Balaban J connectivity index is 2.06. The van der Waals surface area contributed by atoms with Crippen molar-refractivity contribution < 1.29 is 9.53 Å². The molecule has 5 heteroatoms. The Labute approximate surface area is 140 Å². The minimum absolute atomic E-state index is 0.285. The van der Waals surface area contributed by atoms with E-state index in [1.165, 1.54) is 0 Å². The summed E-state index contributed by atoms with van der Waals surface area (Å²) in [6, 6.07) is 12.1. The molecule has 0 saturated carbocycles. The molecule has 0 spiro atoms. The minimum atomic E-state index is -0.285. The molecule has 2 aromatic carbocycles. The van der Waals surface area contributed by atoms with E-state index in [4.69, 9.17) is 27.9 Å². The number of carbonyl (C=O) groups excluding carboxylic acids is 1. The summed E-state index contributed by atoms with van der Waals surface area (Å²) < 4.78 is 5.62. The lowest BCUT2D eigenvalue weighted by Crippen LogP contribution is -2.12. The second-order valence-corrected chi connectivity index (χ2v) is 5.65. The molecular weight excluding hydrogens is 321 g/mol. The summed E-state index contributed by atoms with van der Waals surface area (Å²) in [5.74, 6) is 0.445. The van der Waals surface area contributed by atoms with E-state index in [0.29, 0.717) is 27.9 Å². The molecule has 0 unspecified atom stereocenters. The molecule has 0 aliphatic rings. The first kappa shape index (κ1) is 16.7. The molecule has 0 fully saturated rings. The summed E-state index contributed by atoms with van der Waals surface area (Å²) in [6.07, 6.45) is 2.07. The molecule has 2 rings (SSSR count). The number of hydrogen-bond acceptors (Lipinski definition) is 2. The van der Waals surface area contributed by atoms with Gasteiger partial charge in [-0.3, -0.25) is 4.79 Å². The average Bonchev–Trinajstić information content (AvgIpc) is 2.47. The molecule has 0 aromatic heterocycles. The molecule has 116 valence electrons. The largest absolute Gasteiger partial charge is 0.494 e. The number of ether oxygens (including phenoxy) is 1. The first-order valence-electron chi connectivity index (χ1n) is 7.09. The van der Waals surface area contributed by atoms with Gasteiger partial charge in [0.2, 0.25) is 0 Å². The van der Waals surface area contributed by atoms with Crippen molar-refractivity contribution in [2.75, 3.05) is 11.9 Å². The Morgan fingerprint density at radius 1 is 1.18 bits per heavy atom. The van der Waals surface area contributed by atoms with Crippen LogP contribution in [-0.2, 0) is 0 Å². The number of unbranched alkanes of at least 4 members (excludes halogenated alkanes) is 1. The topological polar surface area (TPSA) is 38.3 Å². The van der Waals surface area contributed by atoms with Crippen molar-refractivity contribution in [3.8, 4) is 5.75 Å². The summed E-state index contributed by atoms with van der Waals surface area (Å²) in [7, 11) is 0. The van der Waals surface area contributed by atoms with Gasteiger partial charge in [-0.25, -0.2) is 0 Å². The third kappa shape index (κ3) is 4.65. The van der Waals surface area contributed by atoms with Crippen LogP contribution in [0.3, 0.4) is 0 Å². The Kier molecular flexibility index (Phi) is 6.10. The molecule has 0 aliphatic carbocycles. The highest BCUT2D eigenvalue weighted by Gasteiger charge is 2.11. The number of hydrogen-bond donors (Lipinski definition) is 1. The van der Waals surface area contributed by atoms with E-state index in [-0.39, 0.29) is 5.91 Å². The molecule has 1 N–H and O–H groups in total. The summed E-state index contributed by atoms with van der Waals surface area (Å²) in [5, 5.41) is 3.62. The first-order valence-corrected chi connectivity index (χ1v) is 7.85. The number of halogens is 2. The lowest BCUT2D eigenvalue weighted by molar-refractivity contribution is 0.102. The Hall–Kier alpha value is -1.71. The van der Waals surface area contributed by atoms with Crippen molar-refractivity contribution in [3.63, 3.8) is 0 Å². The average molecular weight is 338 g/mol. The zero-order valence-corrected chi connectivity index (χ0v) is 13.7. The quantitative estimate of drug-likeness (QED) is 0.714. The Morgan fingerprint density at radius 2 is 2.00 bits per heavy atom. The van der Waals surface area contributed by atoms with E-state index in [0.717, 1.165) is 18.6 Å². The van der Waals surface area contributed by atoms with Gasteiger partial charge < -0.3 is 10.1 Å². The van der Waals surface area contributed by atoms with Crippen molar-refractivity contribution in [3.05, 3.63) is 58.1 Å². The van der Waals surface area contributed by atoms with Crippen molar-refractivity contribution in [2.45, 2.75) is 19.8 Å². The molecule has 0 radical (unpaired) electrons. The van der Waals surface area contributed by atoms with Crippen LogP contribution < -0.4 is 10.1 Å². The summed E-state index contributed by atoms with van der Waals surface area (Å²) >= 11 is 11.9. The second kappa shape index (κ2) is 8.06. The molecule has 2 aromatic rings. The summed E-state index contributed by atoms with van der Waals surface area (Å²) in [5.41, 5.74) is 1.04. The SMILES string of the molecule is CCCCOc1cccc(NC(=O)c2ccc(Cl)cc2Cl)c1. The molecule has 0 bridgehead atoms. The van der Waals surface area contributed by atoms with Crippen LogP contribution in [0.5, 0.6) is 5.75 Å². The fourth-order valence-corrected chi connectivity index (χ4v) is 2.36. The summed E-state index contributed by atoms with van der Waals surface area (Å²) in [4.78, 5) is 12.2. The maximum Gasteiger partial charge on any atom is 0.257 e. The number of rotatable bonds is 6. The molecule has 0 saturated heterocycles. The van der Waals surface area contributed by atoms with E-state index < -0.39 is 0 Å². The highest BCUT2D eigenvalue weighted by Crippen LogP contribution is 2.23. The van der Waals surface area contributed by atoms with E-state index in [1.807, 2.05) is 12.1 Å². The van der Waals surface area contributed by atoms with Crippen LogP contribution in [0.15, 0.2) is 42.5 Å². The highest BCUT2D eigenvalue weighted by atomic mass is 35.5. The number of benzene rings is 2. The molecular formula is C17H17Cl2NO2. The van der Waals surface area contributed by atoms with Gasteiger partial charge in [-0.15, -0.1) is 0 Å². The number of nitrogens with one attached hydrogen (secondary N) is 1. The molecule has 22 heavy (non-hydrogen) atoms. The predicted molar refractivity (Wildman–Crippen MR) is 91.3 cm³/mol. The fourth-order valence-electron chi connectivity index (χ4n) is 1.87. The van der Waals surface area contributed by atoms with Crippen molar-refractivity contribution >= 4 is 34.8 Å². The zero-order chi connectivity index (χ0) is 15.9. The van der Waals surface area contributed by atoms with E-state index in [2.05, 4.69) is 12.2 Å². The summed E-state index contributed by atoms with van der Waals surface area (Å²) in [6.45, 7) is 2.77. The molecule has 0 heterocycles. The minimum Gasteiger partial charge on any atom is -0.494 e. The Morgan fingerprint density at radius 3 is 2.73 bits per heavy atom. The fraction of sp³-hybridized carbons (Fsp3) is 0.235. The standard InChI is InChI=1S/C17H17Cl2NO2/c1-2-3-9-22-14-6-4-5-13(11-14)20-17(21)15-8-7-12(18)10-16(15)19/h4-8,10-11H,2-3,9H2,1H3,(H,20,21). The second-order valence-electron chi connectivity index (χ2n) is 4.81. The lowest BCUT2D eigenvalue weighted by Gasteiger charge is -2.10. The van der Waals surface area contributed by atoms with Crippen molar-refractivity contribution in [1.82, 2.24) is 0 Å². The zero-order valence-electron chi connectivity index (χ0n) is 12.2. The smallest absolute Gasteiger partial charge is 0.257 e. The number of anilines is 1. The van der Waals surface area contributed by atoms with Gasteiger partial charge in [-0.2, -0.15) is 0 Å². The highest BCUT2D eigenvalue weighted by molar-refractivity contribution is 6.37. The van der Waals surface area contributed by atoms with Crippen LogP contribution in [-0.4, -0.2) is 12.5 Å². The van der Waals surface area contributed by atoms with Gasteiger partial charge in [0.05, 0.1) is 17.2 Å². The third-order valence-corrected chi connectivity index (χ3v) is 3.58. The van der Waals surface area contributed by atoms with Gasteiger partial charge in [-0.1, -0.05) is 42.6 Å². The van der Waals surface area contributed by atoms with Crippen LogP contribution >= 0.6 is 23.2 Å². The Bertz CT molecular complexity index is 659. The first-order chi connectivity index (χ1) is 10.6. The van der Waals surface area contributed by atoms with Gasteiger partial charge in [0.15, 0.2) is 0 Å². The maximum atomic E-state index is 12.2. The molecule has 3 nitrogen and oxygen atoms in total. The number of carbonyl (C=O) groups is 1. The van der Waals surface area contributed by atoms with Crippen LogP contribution in [0.2, 0.25) is 10.0 Å². The van der Waals surface area contributed by atoms with Gasteiger partial charge in [0.1, 0.15) is 5.75 Å². The van der Waals surface area contributed by atoms with Gasteiger partial charge in [0.25, 0.3) is 5.91 Å². The lowest BCUT2D eigenvalue weighted by atomic mass is 10.2. The van der Waals surface area contributed by atoms with Crippen molar-refractivity contribution in [1.29, 1.82) is 0 Å². The molecule has 0 aliphatic heterocycles. The van der Waals surface area contributed by atoms with Crippen LogP contribution in [0, 0.1) is 0 Å². The van der Waals surface area contributed by atoms with E-state index in [1.54, 1.807) is 30.3 Å².